The van der Waals surface area contributed by atoms with Crippen LogP contribution in [-0.4, -0.2) is 99.2 Å². The van der Waals surface area contributed by atoms with Gasteiger partial charge in [-0.05, 0) is 31.6 Å². The van der Waals surface area contributed by atoms with Crippen molar-refractivity contribution < 1.29 is 44.7 Å². The maximum atomic E-state index is 13.9. The molecule has 1 aromatic rings. The van der Waals surface area contributed by atoms with Crippen molar-refractivity contribution in [3.63, 3.8) is 0 Å². The van der Waals surface area contributed by atoms with Crippen LogP contribution in [0.4, 0.5) is 5.69 Å². The molecule has 0 saturated heterocycles. The van der Waals surface area contributed by atoms with Crippen LogP contribution in [0.3, 0.4) is 0 Å². The van der Waals surface area contributed by atoms with Crippen molar-refractivity contribution in [2.75, 3.05) is 33.0 Å². The van der Waals surface area contributed by atoms with Gasteiger partial charge in [-0.25, -0.2) is 0 Å². The van der Waals surface area contributed by atoms with Crippen LogP contribution in [0.1, 0.15) is 24.0 Å². The van der Waals surface area contributed by atoms with Gasteiger partial charge in [0.15, 0.2) is 11.4 Å². The first-order chi connectivity index (χ1) is 17.7. The quantitative estimate of drug-likeness (QED) is 0.164. The summed E-state index contributed by atoms with van der Waals surface area (Å²) in [4.78, 5) is 52.1. The summed E-state index contributed by atoms with van der Waals surface area (Å²) in [6.07, 6.45) is -1.67. The van der Waals surface area contributed by atoms with E-state index in [0.717, 1.165) is 0 Å². The number of primary amides is 1. The number of phenolic OH excluding ortho intramolecular Hbond substituents is 1. The molecule has 4 rings (SSSR count). The van der Waals surface area contributed by atoms with Gasteiger partial charge in [0.2, 0.25) is 11.7 Å². The highest BCUT2D eigenvalue weighted by Crippen LogP contribution is 2.56. The molecular weight excluding hydrogens is 500 g/mol. The molecule has 6 atom stereocenters. The van der Waals surface area contributed by atoms with Gasteiger partial charge in [-0.15, -0.1) is 0 Å². The van der Waals surface area contributed by atoms with Crippen LogP contribution in [0.2, 0.25) is 0 Å². The van der Waals surface area contributed by atoms with Crippen LogP contribution in [0.5, 0.6) is 5.75 Å². The molecule has 0 aromatic heterocycles. The summed E-state index contributed by atoms with van der Waals surface area (Å²) >= 11 is 0. The SMILES string of the molecule is CNC(=O)CNc1ccc2c(c1O)C(O)=C1C(=O)[C@@]3(O)C(O)=C(C(N)=O)C(=O)[C@@H](N(C)C)[C@H]3[C@H](O)[C@H]1[C@@H]2C. The lowest BCUT2D eigenvalue weighted by atomic mass is 9.54. The van der Waals surface area contributed by atoms with Gasteiger partial charge < -0.3 is 41.9 Å². The molecule has 1 fully saturated rings. The second kappa shape index (κ2) is 9.11. The Balaban J connectivity index is 1.96. The molecule has 0 heterocycles. The Morgan fingerprint density at radius 3 is 2.34 bits per heavy atom. The van der Waals surface area contributed by atoms with Gasteiger partial charge in [0.1, 0.15) is 22.8 Å². The number of benzene rings is 1. The summed E-state index contributed by atoms with van der Waals surface area (Å²) in [5, 5.41) is 61.5. The van der Waals surface area contributed by atoms with E-state index in [1.54, 1.807) is 13.0 Å². The Labute approximate surface area is 217 Å². The molecule has 0 radical (unpaired) electrons. The number of aliphatic hydroxyl groups excluding tert-OH is 3. The number of Topliss-reactive ketones (excluding diaryl/α,β-unsaturated/α-hetero) is 2. The average Bonchev–Trinajstić information content (AvgIpc) is 2.84. The Hall–Kier alpha value is -3.94. The number of nitrogens with two attached hydrogens (primary N) is 1. The van der Waals surface area contributed by atoms with Crippen LogP contribution in [0.15, 0.2) is 29.0 Å². The van der Waals surface area contributed by atoms with Crippen LogP contribution >= 0.6 is 0 Å². The number of nitrogens with one attached hydrogen (secondary N) is 2. The number of aromatic hydroxyl groups is 1. The molecule has 38 heavy (non-hydrogen) atoms. The third-order valence-corrected chi connectivity index (χ3v) is 7.85. The lowest BCUT2D eigenvalue weighted by molar-refractivity contribution is -0.169. The summed E-state index contributed by atoms with van der Waals surface area (Å²) in [6.45, 7) is 1.43. The van der Waals surface area contributed by atoms with Crippen LogP contribution in [0, 0.1) is 11.8 Å². The van der Waals surface area contributed by atoms with E-state index >= 15 is 0 Å². The highest BCUT2D eigenvalue weighted by molar-refractivity contribution is 6.24. The van der Waals surface area contributed by atoms with Crippen molar-refractivity contribution in [2.24, 2.45) is 17.6 Å². The summed E-state index contributed by atoms with van der Waals surface area (Å²) in [7, 11) is 4.31. The van der Waals surface area contributed by atoms with E-state index in [0.29, 0.717) is 5.56 Å². The molecule has 0 unspecified atom stereocenters. The minimum Gasteiger partial charge on any atom is -0.508 e. The third kappa shape index (κ3) is 3.50. The van der Waals surface area contributed by atoms with Gasteiger partial charge in [0, 0.05) is 18.5 Å². The van der Waals surface area contributed by atoms with Gasteiger partial charge in [-0.2, -0.15) is 0 Å². The smallest absolute Gasteiger partial charge is 0.255 e. The third-order valence-electron chi connectivity index (χ3n) is 7.85. The Morgan fingerprint density at radius 1 is 1.16 bits per heavy atom. The summed E-state index contributed by atoms with van der Waals surface area (Å²) in [5.74, 6) is -10.0. The Kier molecular flexibility index (Phi) is 6.50. The van der Waals surface area contributed by atoms with Gasteiger partial charge in [0.25, 0.3) is 5.91 Å². The molecule has 3 aliphatic carbocycles. The lowest BCUT2D eigenvalue weighted by Crippen LogP contribution is -2.70. The largest absolute Gasteiger partial charge is 0.508 e. The molecule has 1 aromatic carbocycles. The summed E-state index contributed by atoms with van der Waals surface area (Å²) < 4.78 is 0. The molecule has 2 amide bonds. The average molecular weight is 531 g/mol. The molecule has 1 saturated carbocycles. The number of hydrogen-bond acceptors (Lipinski definition) is 11. The number of phenols is 1. The van der Waals surface area contributed by atoms with Gasteiger partial charge >= 0.3 is 0 Å². The fourth-order valence-electron chi connectivity index (χ4n) is 6.02. The number of carbonyl (C=O) groups is 4. The monoisotopic (exact) mass is 530 g/mol. The van der Waals surface area contributed by atoms with E-state index in [-0.39, 0.29) is 23.7 Å². The lowest BCUT2D eigenvalue weighted by Gasteiger charge is -2.53. The zero-order chi connectivity index (χ0) is 28.4. The Morgan fingerprint density at radius 2 is 1.79 bits per heavy atom. The number of ketones is 2. The highest BCUT2D eigenvalue weighted by atomic mass is 16.4. The van der Waals surface area contributed by atoms with E-state index in [2.05, 4.69) is 10.6 Å². The number of aliphatic hydroxyl groups is 4. The predicted octanol–water partition coefficient (Wildman–Crippen LogP) is -1.35. The fourth-order valence-corrected chi connectivity index (χ4v) is 6.02. The Bertz CT molecular complexity index is 1330. The second-order valence-corrected chi connectivity index (χ2v) is 10.0. The minimum atomic E-state index is -2.98. The van der Waals surface area contributed by atoms with E-state index in [9.17, 15) is 44.7 Å². The first-order valence-corrected chi connectivity index (χ1v) is 11.8. The number of carbonyl (C=O) groups excluding carboxylic acids is 4. The molecule has 0 spiro atoms. The number of likely N-dealkylation sites (N-methyl/N-ethyl adjacent to an activating group) is 2. The van der Waals surface area contributed by atoms with Crippen LogP contribution in [-0.2, 0) is 19.2 Å². The normalized spacial score (nSPS) is 30.6. The molecule has 9 N–H and O–H groups in total. The standard InChI is InChI=1S/C25H30N4O9/c1-8-9-5-6-10(28-7-11(30)27-2)18(31)13(9)19(32)14-12(8)20(33)16-17(29(3)4)21(34)15(24(26)37)23(36)25(16,38)22(14)35/h5-6,8,12,16-17,20,28,31-33,36,38H,7H2,1-4H3,(H2,26,37)(H,27,30)/t8-,12+,16+,17+,20-,25-/m1/s1. The van der Waals surface area contributed by atoms with Crippen molar-refractivity contribution >= 4 is 34.8 Å². The first kappa shape index (κ1) is 27.1. The van der Waals surface area contributed by atoms with E-state index < -0.39 is 81.4 Å². The van der Waals surface area contributed by atoms with E-state index in [1.165, 1.54) is 32.1 Å². The van der Waals surface area contributed by atoms with Gasteiger partial charge in [-0.1, -0.05) is 13.0 Å². The van der Waals surface area contributed by atoms with Crippen molar-refractivity contribution in [3.8, 4) is 5.75 Å². The first-order valence-electron chi connectivity index (χ1n) is 11.8. The number of nitrogens with zero attached hydrogens (tertiary/aromatic N) is 1. The zero-order valence-electron chi connectivity index (χ0n) is 21.1. The summed E-state index contributed by atoms with van der Waals surface area (Å²) in [5.41, 5.74) is 1.12. The number of anilines is 1. The van der Waals surface area contributed by atoms with Crippen molar-refractivity contribution in [2.45, 2.75) is 30.6 Å². The number of fused-ring (bicyclic) bond motifs is 3. The molecule has 0 bridgehead atoms. The highest BCUT2D eigenvalue weighted by Gasteiger charge is 2.68. The summed E-state index contributed by atoms with van der Waals surface area (Å²) in [6, 6.07) is 1.61. The van der Waals surface area contributed by atoms with E-state index in [4.69, 9.17) is 5.73 Å². The van der Waals surface area contributed by atoms with Crippen molar-refractivity contribution in [3.05, 3.63) is 40.2 Å². The van der Waals surface area contributed by atoms with E-state index in [1.807, 2.05) is 0 Å². The van der Waals surface area contributed by atoms with Gasteiger partial charge in [-0.3, -0.25) is 24.1 Å². The predicted molar refractivity (Wildman–Crippen MR) is 133 cm³/mol. The molecule has 13 heteroatoms. The number of amides is 2. The molecule has 0 aliphatic heterocycles. The molecule has 13 nitrogen and oxygen atoms in total. The van der Waals surface area contributed by atoms with Crippen LogP contribution < -0.4 is 16.4 Å². The second-order valence-electron chi connectivity index (χ2n) is 10.0. The number of rotatable bonds is 5. The maximum Gasteiger partial charge on any atom is 0.255 e. The number of hydrogen-bond donors (Lipinski definition) is 8. The zero-order valence-corrected chi connectivity index (χ0v) is 21.1. The van der Waals surface area contributed by atoms with Crippen molar-refractivity contribution in [1.82, 2.24) is 10.2 Å². The molecule has 204 valence electrons. The minimum absolute atomic E-state index is 0.0697. The fraction of sp³-hybridized carbons (Fsp3) is 0.440. The van der Waals surface area contributed by atoms with Crippen molar-refractivity contribution in [1.29, 1.82) is 0 Å². The maximum absolute atomic E-state index is 13.9. The van der Waals surface area contributed by atoms with Crippen LogP contribution in [0.25, 0.3) is 5.76 Å². The molecular formula is C25H30N4O9. The molecule has 3 aliphatic rings. The van der Waals surface area contributed by atoms with Gasteiger partial charge in [0.05, 0.1) is 35.9 Å². The topological polar surface area (TPSA) is 223 Å².